The fraction of sp³-hybridized carbons (Fsp3) is 0.800. The predicted molar refractivity (Wildman–Crippen MR) is 107 cm³/mol. The van der Waals surface area contributed by atoms with Gasteiger partial charge in [-0.1, -0.05) is 31.7 Å². The third-order valence-corrected chi connectivity index (χ3v) is 6.67. The van der Waals surface area contributed by atoms with Gasteiger partial charge in [-0.3, -0.25) is 9.59 Å². The number of aromatic nitrogens is 2. The van der Waals surface area contributed by atoms with Crippen molar-refractivity contribution in [3.05, 3.63) is 10.6 Å². The number of rotatable bonds is 6. The van der Waals surface area contributed by atoms with Crippen LogP contribution in [-0.4, -0.2) is 57.4 Å². The molecule has 1 spiro atoms. The molecule has 2 fully saturated rings. The van der Waals surface area contributed by atoms with E-state index in [2.05, 4.69) is 30.4 Å². The Kier molecular flexibility index (Phi) is 6.50. The second-order valence-electron chi connectivity index (χ2n) is 8.63. The average molecular weight is 393 g/mol. The Balaban J connectivity index is 1.70. The third-order valence-electron chi connectivity index (χ3n) is 5.91. The maximum absolute atomic E-state index is 13.1. The summed E-state index contributed by atoms with van der Waals surface area (Å²) in [6.45, 7) is 9.67. The van der Waals surface area contributed by atoms with Crippen LogP contribution in [0.4, 0.5) is 0 Å². The van der Waals surface area contributed by atoms with Crippen LogP contribution in [0.25, 0.3) is 0 Å². The fourth-order valence-electron chi connectivity index (χ4n) is 4.35. The van der Waals surface area contributed by atoms with Crippen molar-refractivity contribution >= 4 is 23.3 Å². The van der Waals surface area contributed by atoms with Gasteiger partial charge in [0.1, 0.15) is 4.88 Å². The highest BCUT2D eigenvalue weighted by Gasteiger charge is 2.43. The predicted octanol–water partition coefficient (Wildman–Crippen LogP) is 3.38. The molecule has 27 heavy (non-hydrogen) atoms. The lowest BCUT2D eigenvalue weighted by Gasteiger charge is -2.48. The number of carbonyl (C=O) groups excluding carboxylic acids is 2. The van der Waals surface area contributed by atoms with Gasteiger partial charge in [-0.05, 0) is 49.6 Å². The molecule has 0 aliphatic carbocycles. The summed E-state index contributed by atoms with van der Waals surface area (Å²) in [4.78, 5) is 30.3. The van der Waals surface area contributed by atoms with E-state index in [1.54, 1.807) is 0 Å². The molecule has 0 saturated carbocycles. The number of carbonyl (C=O) groups is 2. The minimum atomic E-state index is 0.0574. The molecule has 2 saturated heterocycles. The number of piperidine rings is 2. The van der Waals surface area contributed by atoms with E-state index in [-0.39, 0.29) is 17.2 Å². The van der Waals surface area contributed by atoms with Crippen molar-refractivity contribution in [3.63, 3.8) is 0 Å². The van der Waals surface area contributed by atoms with E-state index in [1.807, 2.05) is 9.80 Å². The summed E-state index contributed by atoms with van der Waals surface area (Å²) >= 11 is 1.22. The van der Waals surface area contributed by atoms with Crippen molar-refractivity contribution in [1.82, 2.24) is 19.4 Å². The van der Waals surface area contributed by atoms with E-state index in [1.165, 1.54) is 11.5 Å². The topological polar surface area (TPSA) is 66.4 Å². The highest BCUT2D eigenvalue weighted by molar-refractivity contribution is 7.08. The SMILES string of the molecule is CCCc1nnsc1C(=O)N1CCC[C@@]2(CCC(=O)N(CCC(C)C)C2)C1. The third kappa shape index (κ3) is 4.68. The van der Waals surface area contributed by atoms with Crippen LogP contribution in [0.3, 0.4) is 0 Å². The zero-order chi connectivity index (χ0) is 19.4. The lowest BCUT2D eigenvalue weighted by atomic mass is 9.73. The number of hydrogen-bond acceptors (Lipinski definition) is 5. The van der Waals surface area contributed by atoms with Crippen LogP contribution >= 0.6 is 11.5 Å². The molecular formula is C20H32N4O2S. The Labute approximate surface area is 166 Å². The summed E-state index contributed by atoms with van der Waals surface area (Å²) in [5.41, 5.74) is 0.895. The van der Waals surface area contributed by atoms with Gasteiger partial charge in [0.05, 0.1) is 5.69 Å². The van der Waals surface area contributed by atoms with Gasteiger partial charge < -0.3 is 9.80 Å². The fourth-order valence-corrected chi connectivity index (χ4v) is 5.03. The molecule has 0 radical (unpaired) electrons. The van der Waals surface area contributed by atoms with E-state index in [0.29, 0.717) is 17.2 Å². The van der Waals surface area contributed by atoms with Gasteiger partial charge in [-0.15, -0.1) is 5.10 Å². The van der Waals surface area contributed by atoms with Crippen molar-refractivity contribution in [2.45, 2.75) is 65.7 Å². The monoisotopic (exact) mass is 392 g/mol. The molecular weight excluding hydrogens is 360 g/mol. The van der Waals surface area contributed by atoms with Crippen molar-refractivity contribution in [2.24, 2.45) is 11.3 Å². The summed E-state index contributed by atoms with van der Waals surface area (Å²) in [5.74, 6) is 0.954. The van der Waals surface area contributed by atoms with Crippen molar-refractivity contribution < 1.29 is 9.59 Å². The summed E-state index contributed by atoms with van der Waals surface area (Å²) < 4.78 is 4.01. The molecule has 0 N–H and O–H groups in total. The highest BCUT2D eigenvalue weighted by atomic mass is 32.1. The second kappa shape index (κ2) is 8.67. The Bertz CT molecular complexity index is 675. The number of likely N-dealkylation sites (tertiary alicyclic amines) is 2. The number of hydrogen-bond donors (Lipinski definition) is 0. The van der Waals surface area contributed by atoms with E-state index in [4.69, 9.17) is 0 Å². The molecule has 2 amide bonds. The quantitative estimate of drug-likeness (QED) is 0.744. The standard InChI is InChI=1S/C20H32N4O2S/c1-4-6-16-18(27-22-21-16)19(26)24-11-5-9-20(14-24)10-7-17(25)23(13-20)12-8-15(2)3/h15H,4-14H2,1-3H3/t20-/m0/s1. The first-order valence-corrected chi connectivity index (χ1v) is 11.1. The minimum Gasteiger partial charge on any atom is -0.342 e. The summed E-state index contributed by atoms with van der Waals surface area (Å²) in [7, 11) is 0. The Hall–Kier alpha value is -1.50. The molecule has 6 nitrogen and oxygen atoms in total. The van der Waals surface area contributed by atoms with Crippen LogP contribution < -0.4 is 0 Å². The zero-order valence-corrected chi connectivity index (χ0v) is 17.7. The lowest BCUT2D eigenvalue weighted by molar-refractivity contribution is -0.139. The average Bonchev–Trinajstić information content (AvgIpc) is 3.11. The molecule has 7 heteroatoms. The van der Waals surface area contributed by atoms with Crippen LogP contribution in [0.5, 0.6) is 0 Å². The maximum Gasteiger partial charge on any atom is 0.267 e. The number of aryl methyl sites for hydroxylation is 1. The first-order chi connectivity index (χ1) is 12.9. The van der Waals surface area contributed by atoms with E-state index in [0.717, 1.165) is 70.4 Å². The summed E-state index contributed by atoms with van der Waals surface area (Å²) in [6, 6.07) is 0. The van der Waals surface area contributed by atoms with Crippen LogP contribution in [0.2, 0.25) is 0 Å². The zero-order valence-electron chi connectivity index (χ0n) is 16.9. The first-order valence-electron chi connectivity index (χ1n) is 10.3. The van der Waals surface area contributed by atoms with Gasteiger partial charge in [-0.2, -0.15) is 0 Å². The molecule has 1 aromatic heterocycles. The van der Waals surface area contributed by atoms with Gasteiger partial charge in [0.25, 0.3) is 5.91 Å². The van der Waals surface area contributed by atoms with E-state index >= 15 is 0 Å². The van der Waals surface area contributed by atoms with E-state index in [9.17, 15) is 9.59 Å². The Morgan fingerprint density at radius 2 is 2.11 bits per heavy atom. The van der Waals surface area contributed by atoms with E-state index < -0.39 is 0 Å². The molecule has 3 heterocycles. The molecule has 0 aromatic carbocycles. The largest absolute Gasteiger partial charge is 0.342 e. The minimum absolute atomic E-state index is 0.0574. The highest BCUT2D eigenvalue weighted by Crippen LogP contribution is 2.39. The van der Waals surface area contributed by atoms with Gasteiger partial charge in [0, 0.05) is 38.0 Å². The summed E-state index contributed by atoms with van der Waals surface area (Å²) in [6.07, 6.45) is 6.42. The Morgan fingerprint density at radius 1 is 1.30 bits per heavy atom. The van der Waals surface area contributed by atoms with Crippen LogP contribution in [-0.2, 0) is 11.2 Å². The molecule has 1 aromatic rings. The van der Waals surface area contributed by atoms with Crippen LogP contribution in [0.15, 0.2) is 0 Å². The molecule has 1 atom stereocenters. The maximum atomic E-state index is 13.1. The first kappa shape index (κ1) is 20.2. The van der Waals surface area contributed by atoms with Crippen molar-refractivity contribution in [3.8, 4) is 0 Å². The van der Waals surface area contributed by atoms with Crippen LogP contribution in [0, 0.1) is 11.3 Å². The van der Waals surface area contributed by atoms with Crippen molar-refractivity contribution in [2.75, 3.05) is 26.2 Å². The molecule has 3 rings (SSSR count). The number of nitrogens with zero attached hydrogens (tertiary/aromatic N) is 4. The molecule has 150 valence electrons. The smallest absolute Gasteiger partial charge is 0.267 e. The van der Waals surface area contributed by atoms with Crippen LogP contribution in [0.1, 0.15) is 74.7 Å². The molecule has 0 unspecified atom stereocenters. The van der Waals surface area contributed by atoms with Gasteiger partial charge in [0.15, 0.2) is 0 Å². The van der Waals surface area contributed by atoms with Gasteiger partial charge in [0.2, 0.25) is 5.91 Å². The Morgan fingerprint density at radius 3 is 2.85 bits per heavy atom. The molecule has 0 bridgehead atoms. The van der Waals surface area contributed by atoms with Gasteiger partial charge in [-0.25, -0.2) is 0 Å². The molecule has 2 aliphatic rings. The van der Waals surface area contributed by atoms with Crippen molar-refractivity contribution in [1.29, 1.82) is 0 Å². The van der Waals surface area contributed by atoms with Gasteiger partial charge >= 0.3 is 0 Å². The lowest BCUT2D eigenvalue weighted by Crippen LogP contribution is -2.55. The summed E-state index contributed by atoms with van der Waals surface area (Å²) in [5, 5.41) is 4.16. The number of amides is 2. The molecule has 2 aliphatic heterocycles. The second-order valence-corrected chi connectivity index (χ2v) is 9.38. The normalized spacial score (nSPS) is 23.5.